The molecule has 0 bridgehead atoms. The molecule has 0 fully saturated rings. The minimum Gasteiger partial charge on any atom is -0.325 e. The van der Waals surface area contributed by atoms with Crippen molar-refractivity contribution >= 4 is 11.6 Å². The summed E-state index contributed by atoms with van der Waals surface area (Å²) >= 11 is 0. The Balaban J connectivity index is 1.95. The Morgan fingerprint density at radius 3 is 2.56 bits per heavy atom. The third-order valence-electron chi connectivity index (χ3n) is 3.50. The molecular weight excluding hydrogens is 222 g/mol. The smallest absolute Gasteiger partial charge is 0.232 e. The molecule has 1 aliphatic heterocycles. The Morgan fingerprint density at radius 1 is 1.06 bits per heavy atom. The van der Waals surface area contributed by atoms with E-state index in [1.165, 1.54) is 11.1 Å². The zero-order valence-corrected chi connectivity index (χ0v) is 10.3. The highest BCUT2D eigenvalue weighted by molar-refractivity contribution is 5.98. The van der Waals surface area contributed by atoms with E-state index in [9.17, 15) is 4.79 Å². The molecule has 1 unspecified atom stereocenters. The molecule has 0 spiro atoms. The number of aryl methyl sites for hydroxylation is 1. The maximum Gasteiger partial charge on any atom is 0.232 e. The van der Waals surface area contributed by atoms with Gasteiger partial charge in [0.1, 0.15) is 0 Å². The van der Waals surface area contributed by atoms with Crippen LogP contribution in [0.5, 0.6) is 0 Å². The van der Waals surface area contributed by atoms with Gasteiger partial charge in [0.15, 0.2) is 0 Å². The largest absolute Gasteiger partial charge is 0.325 e. The number of fused-ring (bicyclic) bond motifs is 1. The minimum atomic E-state index is -0.0690. The van der Waals surface area contributed by atoms with Crippen molar-refractivity contribution in [1.29, 1.82) is 0 Å². The third kappa shape index (κ3) is 1.90. The number of hydrogen-bond donors (Lipinski definition) is 1. The number of nitrogens with one attached hydrogen (secondary N) is 1. The van der Waals surface area contributed by atoms with Crippen LogP contribution >= 0.6 is 0 Å². The summed E-state index contributed by atoms with van der Waals surface area (Å²) < 4.78 is 0. The molecule has 1 N–H and O–H groups in total. The van der Waals surface area contributed by atoms with Gasteiger partial charge in [0.25, 0.3) is 0 Å². The number of hydrogen-bond acceptors (Lipinski definition) is 1. The molecule has 2 aromatic carbocycles. The van der Waals surface area contributed by atoms with Crippen LogP contribution in [-0.4, -0.2) is 5.91 Å². The first kappa shape index (κ1) is 11.0. The Kier molecular flexibility index (Phi) is 2.63. The molecule has 0 saturated heterocycles. The zero-order chi connectivity index (χ0) is 12.5. The quantitative estimate of drug-likeness (QED) is 0.810. The summed E-state index contributed by atoms with van der Waals surface area (Å²) in [5.41, 5.74) is 4.47. The average Bonchev–Trinajstić information content (AvgIpc) is 2.39. The predicted molar refractivity (Wildman–Crippen MR) is 72.7 cm³/mol. The van der Waals surface area contributed by atoms with Crippen LogP contribution in [0.25, 0.3) is 0 Å². The Hall–Kier alpha value is -2.09. The van der Waals surface area contributed by atoms with E-state index in [2.05, 4.69) is 30.4 Å². The molecule has 0 saturated carbocycles. The number of rotatable bonds is 1. The summed E-state index contributed by atoms with van der Waals surface area (Å²) in [5.74, 6) is 0.0260. The average molecular weight is 237 g/mol. The number of anilines is 1. The van der Waals surface area contributed by atoms with E-state index in [0.29, 0.717) is 0 Å². The summed E-state index contributed by atoms with van der Waals surface area (Å²) in [6.45, 7) is 2.06. The van der Waals surface area contributed by atoms with Crippen molar-refractivity contribution in [1.82, 2.24) is 0 Å². The van der Waals surface area contributed by atoms with Gasteiger partial charge in [-0.1, -0.05) is 48.0 Å². The predicted octanol–water partition coefficient (Wildman–Crippen LogP) is 3.27. The number of carbonyl (C=O) groups excluding carboxylic acids is 1. The molecule has 2 nitrogen and oxygen atoms in total. The summed E-state index contributed by atoms with van der Waals surface area (Å²) in [6.07, 6.45) is 0.783. The molecule has 2 heteroatoms. The number of amides is 1. The lowest BCUT2D eigenvalue weighted by atomic mass is 9.87. The summed E-state index contributed by atoms with van der Waals surface area (Å²) in [5, 5.41) is 2.98. The summed E-state index contributed by atoms with van der Waals surface area (Å²) in [6, 6.07) is 16.2. The Labute approximate surface area is 107 Å². The lowest BCUT2D eigenvalue weighted by Gasteiger charge is -2.24. The molecule has 0 aliphatic carbocycles. The van der Waals surface area contributed by atoms with E-state index in [0.717, 1.165) is 17.7 Å². The molecule has 1 aliphatic rings. The van der Waals surface area contributed by atoms with Gasteiger partial charge in [-0.25, -0.2) is 0 Å². The first-order valence-electron chi connectivity index (χ1n) is 6.19. The number of benzene rings is 2. The fraction of sp³-hybridized carbons (Fsp3) is 0.188. The second kappa shape index (κ2) is 4.30. The van der Waals surface area contributed by atoms with Gasteiger partial charge in [-0.3, -0.25) is 4.79 Å². The molecule has 0 aromatic heterocycles. The fourth-order valence-electron chi connectivity index (χ4n) is 2.42. The molecule has 18 heavy (non-hydrogen) atoms. The van der Waals surface area contributed by atoms with Crippen molar-refractivity contribution in [2.45, 2.75) is 19.3 Å². The highest BCUT2D eigenvalue weighted by Gasteiger charge is 2.26. The van der Waals surface area contributed by atoms with E-state index >= 15 is 0 Å². The highest BCUT2D eigenvalue weighted by atomic mass is 16.1. The first-order valence-corrected chi connectivity index (χ1v) is 6.19. The van der Waals surface area contributed by atoms with Crippen molar-refractivity contribution < 1.29 is 4.79 Å². The van der Waals surface area contributed by atoms with E-state index in [1.54, 1.807) is 0 Å². The standard InChI is InChI=1S/C16H15NO/c1-11-6-8-12(9-7-11)14-10-13-4-2-3-5-15(13)17-16(14)18/h2-9,14H,10H2,1H3,(H,17,18). The van der Waals surface area contributed by atoms with Crippen LogP contribution in [0.3, 0.4) is 0 Å². The van der Waals surface area contributed by atoms with Crippen molar-refractivity contribution in [2.75, 3.05) is 5.32 Å². The zero-order valence-electron chi connectivity index (χ0n) is 10.3. The topological polar surface area (TPSA) is 29.1 Å². The van der Waals surface area contributed by atoms with E-state index < -0.39 is 0 Å². The molecule has 1 atom stereocenters. The van der Waals surface area contributed by atoms with Gasteiger partial charge < -0.3 is 5.32 Å². The second-order valence-electron chi connectivity index (χ2n) is 4.81. The van der Waals surface area contributed by atoms with Gasteiger partial charge >= 0.3 is 0 Å². The Morgan fingerprint density at radius 2 is 1.78 bits per heavy atom. The van der Waals surface area contributed by atoms with Gasteiger partial charge in [-0.2, -0.15) is 0 Å². The van der Waals surface area contributed by atoms with Crippen molar-refractivity contribution in [2.24, 2.45) is 0 Å². The molecule has 0 radical (unpaired) electrons. The SMILES string of the molecule is Cc1ccc(C2Cc3ccccc3NC2=O)cc1. The normalized spacial score (nSPS) is 18.1. The maximum absolute atomic E-state index is 12.1. The first-order chi connectivity index (χ1) is 8.74. The fourth-order valence-corrected chi connectivity index (χ4v) is 2.42. The van der Waals surface area contributed by atoms with E-state index in [1.807, 2.05) is 30.3 Å². The van der Waals surface area contributed by atoms with Crippen molar-refractivity contribution in [3.8, 4) is 0 Å². The maximum atomic E-state index is 12.1. The molecular formula is C16H15NO. The van der Waals surface area contributed by atoms with E-state index in [4.69, 9.17) is 0 Å². The third-order valence-corrected chi connectivity index (χ3v) is 3.50. The van der Waals surface area contributed by atoms with Gasteiger partial charge in [0.05, 0.1) is 5.92 Å². The lowest BCUT2D eigenvalue weighted by molar-refractivity contribution is -0.117. The van der Waals surface area contributed by atoms with Crippen LogP contribution in [-0.2, 0) is 11.2 Å². The lowest BCUT2D eigenvalue weighted by Crippen LogP contribution is -2.28. The van der Waals surface area contributed by atoms with Gasteiger partial charge in [0.2, 0.25) is 5.91 Å². The molecule has 3 rings (SSSR count). The highest BCUT2D eigenvalue weighted by Crippen LogP contribution is 2.31. The monoisotopic (exact) mass is 237 g/mol. The van der Waals surface area contributed by atoms with Gasteiger partial charge in [-0.15, -0.1) is 0 Å². The summed E-state index contributed by atoms with van der Waals surface area (Å²) in [7, 11) is 0. The van der Waals surface area contributed by atoms with E-state index in [-0.39, 0.29) is 11.8 Å². The van der Waals surface area contributed by atoms with Crippen LogP contribution in [0.1, 0.15) is 22.6 Å². The molecule has 2 aromatic rings. The van der Waals surface area contributed by atoms with Crippen molar-refractivity contribution in [3.63, 3.8) is 0 Å². The number of carbonyl (C=O) groups is 1. The molecule has 1 heterocycles. The summed E-state index contributed by atoms with van der Waals surface area (Å²) in [4.78, 5) is 12.1. The molecule has 90 valence electrons. The molecule has 1 amide bonds. The minimum absolute atomic E-state index is 0.0690. The van der Waals surface area contributed by atoms with Gasteiger partial charge in [-0.05, 0) is 30.5 Å². The van der Waals surface area contributed by atoms with Gasteiger partial charge in [0, 0.05) is 5.69 Å². The van der Waals surface area contributed by atoms with Crippen LogP contribution in [0, 0.1) is 6.92 Å². The Bertz CT molecular complexity index is 586. The van der Waals surface area contributed by atoms with Crippen LogP contribution in [0.15, 0.2) is 48.5 Å². The van der Waals surface area contributed by atoms with Crippen LogP contribution < -0.4 is 5.32 Å². The van der Waals surface area contributed by atoms with Crippen LogP contribution in [0.4, 0.5) is 5.69 Å². The van der Waals surface area contributed by atoms with Crippen molar-refractivity contribution in [3.05, 3.63) is 65.2 Å². The van der Waals surface area contributed by atoms with Crippen LogP contribution in [0.2, 0.25) is 0 Å². The second-order valence-corrected chi connectivity index (χ2v) is 4.81. The number of para-hydroxylation sites is 1.